The van der Waals surface area contributed by atoms with Crippen molar-refractivity contribution in [1.82, 2.24) is 50.3 Å². The van der Waals surface area contributed by atoms with Crippen LogP contribution in [0.1, 0.15) is 77.1 Å². The quantitative estimate of drug-likeness (QED) is 0.113. The van der Waals surface area contributed by atoms with E-state index in [-0.39, 0.29) is 41.3 Å². The Morgan fingerprint density at radius 2 is 1.17 bits per heavy atom. The van der Waals surface area contributed by atoms with Gasteiger partial charge in [-0.25, -0.2) is 24.5 Å². The van der Waals surface area contributed by atoms with Crippen LogP contribution in [0.3, 0.4) is 0 Å². The first-order valence-electron chi connectivity index (χ1n) is 19.9. The summed E-state index contributed by atoms with van der Waals surface area (Å²) in [6, 6.07) is 11.0. The van der Waals surface area contributed by atoms with Gasteiger partial charge in [-0.15, -0.1) is 0 Å². The molecular formula is C42H50N10O7. The number of benzene rings is 2. The van der Waals surface area contributed by atoms with Crippen LogP contribution in [0.2, 0.25) is 0 Å². The molecule has 0 saturated carbocycles. The van der Waals surface area contributed by atoms with Crippen LogP contribution in [0.25, 0.3) is 44.8 Å². The number of amides is 4. The van der Waals surface area contributed by atoms with Gasteiger partial charge in [-0.1, -0.05) is 58.0 Å². The molecule has 3 aromatic heterocycles. The molecule has 310 valence electrons. The number of nitrogens with one attached hydrogen (secondary N) is 5. The van der Waals surface area contributed by atoms with E-state index < -0.39 is 24.3 Å². The lowest BCUT2D eigenvalue weighted by molar-refractivity contribution is -0.136. The Bertz CT molecular complexity index is 2400. The van der Waals surface area contributed by atoms with Crippen LogP contribution >= 0.6 is 0 Å². The van der Waals surface area contributed by atoms with Crippen molar-refractivity contribution in [1.29, 1.82) is 0 Å². The third kappa shape index (κ3) is 8.40. The smallest absolute Gasteiger partial charge is 0.407 e. The first-order chi connectivity index (χ1) is 28.4. The number of carbonyl (C=O) groups excluding carboxylic acids is 4. The SMILES string of the molecule is COC(=O)NC(C(=O)N1CCCC1c1ncc(-c2ccc(-c3nc4ccc(-c5cnc(C6CCCN6C(=O)C(NC(=O)OC)C(C)C)[nH]5)cc4c(=O)[nH]3)cc2)[nH]1)C(C)C. The van der Waals surface area contributed by atoms with Gasteiger partial charge in [0.1, 0.15) is 29.6 Å². The molecule has 17 nitrogen and oxygen atoms in total. The fraction of sp³-hybridized carbons (Fsp3) is 0.429. The van der Waals surface area contributed by atoms with Gasteiger partial charge in [0.25, 0.3) is 5.56 Å². The summed E-state index contributed by atoms with van der Waals surface area (Å²) in [5.74, 6) is 1.08. The Labute approximate surface area is 340 Å². The molecule has 4 atom stereocenters. The van der Waals surface area contributed by atoms with Gasteiger partial charge in [0, 0.05) is 24.2 Å². The highest BCUT2D eigenvalue weighted by Crippen LogP contribution is 2.35. The predicted octanol–water partition coefficient (Wildman–Crippen LogP) is 5.46. The molecule has 0 aliphatic carbocycles. The highest BCUT2D eigenvalue weighted by molar-refractivity contribution is 5.88. The van der Waals surface area contributed by atoms with Gasteiger partial charge in [-0.3, -0.25) is 14.4 Å². The van der Waals surface area contributed by atoms with E-state index in [1.165, 1.54) is 14.2 Å². The van der Waals surface area contributed by atoms with Crippen molar-refractivity contribution in [2.24, 2.45) is 11.8 Å². The minimum Gasteiger partial charge on any atom is -0.453 e. The summed E-state index contributed by atoms with van der Waals surface area (Å²) < 4.78 is 9.49. The third-order valence-corrected chi connectivity index (χ3v) is 11.2. The molecular weight excluding hydrogens is 757 g/mol. The molecule has 17 heteroatoms. The standard InChI is InChI=1S/C42H50N10O7/c1-22(2)33(48-41(56)58-5)39(54)51-17-7-9-31(51)36-43-20-29(46-36)24-11-13-25(14-12-24)35-45-28-16-15-26(19-27(28)38(53)50-35)30-21-44-37(47-30)32-10-8-18-52(32)40(55)34(23(3)4)49-42(57)59-6/h11-16,19-23,31-34H,7-10,17-18H2,1-6H3,(H,43,46)(H,44,47)(H,48,56)(H,49,57)(H,45,50,53). The number of methoxy groups -OCH3 is 2. The number of ether oxygens (including phenoxy) is 2. The van der Waals surface area contributed by atoms with Crippen molar-refractivity contribution in [3.8, 4) is 33.9 Å². The number of rotatable bonds is 11. The van der Waals surface area contributed by atoms with Gasteiger partial charge in [0.05, 0.1) is 61.0 Å². The Morgan fingerprint density at radius 3 is 1.66 bits per heavy atom. The number of carbonyl (C=O) groups is 4. The summed E-state index contributed by atoms with van der Waals surface area (Å²) in [7, 11) is 2.54. The van der Waals surface area contributed by atoms with E-state index >= 15 is 0 Å². The number of likely N-dealkylation sites (tertiary alicyclic amines) is 2. The van der Waals surface area contributed by atoms with Gasteiger partial charge in [0.2, 0.25) is 11.8 Å². The zero-order chi connectivity index (χ0) is 42.0. The molecule has 2 aliphatic rings. The second kappa shape index (κ2) is 17.1. The van der Waals surface area contributed by atoms with Crippen molar-refractivity contribution in [3.05, 3.63) is 76.9 Å². The minimum absolute atomic E-state index is 0.132. The number of hydrogen-bond donors (Lipinski definition) is 5. The predicted molar refractivity (Wildman–Crippen MR) is 219 cm³/mol. The molecule has 4 amide bonds. The van der Waals surface area contributed by atoms with Crippen LogP contribution in [-0.4, -0.2) is 103 Å². The van der Waals surface area contributed by atoms with Crippen molar-refractivity contribution in [2.45, 2.75) is 77.5 Å². The topological polar surface area (TPSA) is 220 Å². The molecule has 0 radical (unpaired) electrons. The maximum atomic E-state index is 13.6. The fourth-order valence-corrected chi connectivity index (χ4v) is 7.94. The molecule has 5 aromatic rings. The van der Waals surface area contributed by atoms with Crippen LogP contribution in [0.15, 0.2) is 59.7 Å². The molecule has 2 saturated heterocycles. The summed E-state index contributed by atoms with van der Waals surface area (Å²) in [5.41, 5.74) is 4.02. The zero-order valence-electron chi connectivity index (χ0n) is 34.0. The first kappa shape index (κ1) is 40.7. The molecule has 2 aliphatic heterocycles. The zero-order valence-corrected chi connectivity index (χ0v) is 34.0. The number of nitrogens with zero attached hydrogens (tertiary/aromatic N) is 5. The van der Waals surface area contributed by atoms with E-state index in [4.69, 9.17) is 14.5 Å². The summed E-state index contributed by atoms with van der Waals surface area (Å²) >= 11 is 0. The van der Waals surface area contributed by atoms with Gasteiger partial charge in [-0.05, 0) is 55.2 Å². The molecule has 59 heavy (non-hydrogen) atoms. The Balaban J connectivity index is 1.05. The molecule has 0 bridgehead atoms. The highest BCUT2D eigenvalue weighted by Gasteiger charge is 2.39. The van der Waals surface area contributed by atoms with E-state index in [1.54, 1.807) is 34.3 Å². The van der Waals surface area contributed by atoms with E-state index in [9.17, 15) is 24.0 Å². The van der Waals surface area contributed by atoms with Crippen LogP contribution in [0.4, 0.5) is 9.59 Å². The average molecular weight is 807 g/mol. The molecule has 2 fully saturated rings. The number of aromatic nitrogens is 6. The Kier molecular flexibility index (Phi) is 11.8. The fourth-order valence-electron chi connectivity index (χ4n) is 7.94. The van der Waals surface area contributed by atoms with Crippen molar-refractivity contribution in [2.75, 3.05) is 27.3 Å². The third-order valence-electron chi connectivity index (χ3n) is 11.2. The van der Waals surface area contributed by atoms with Crippen molar-refractivity contribution >= 4 is 34.9 Å². The normalized spacial score (nSPS) is 17.7. The van der Waals surface area contributed by atoms with Gasteiger partial charge in [0.15, 0.2) is 0 Å². The largest absolute Gasteiger partial charge is 0.453 e. The molecule has 4 unspecified atom stereocenters. The summed E-state index contributed by atoms with van der Waals surface area (Å²) in [4.78, 5) is 91.8. The summed E-state index contributed by atoms with van der Waals surface area (Å²) in [5, 5.41) is 5.76. The summed E-state index contributed by atoms with van der Waals surface area (Å²) in [6.45, 7) is 8.61. The van der Waals surface area contributed by atoms with Gasteiger partial charge >= 0.3 is 12.2 Å². The van der Waals surface area contributed by atoms with Crippen LogP contribution in [0, 0.1) is 11.8 Å². The second-order valence-corrected chi connectivity index (χ2v) is 15.7. The maximum Gasteiger partial charge on any atom is 0.407 e. The lowest BCUT2D eigenvalue weighted by Gasteiger charge is -2.30. The van der Waals surface area contributed by atoms with E-state index in [0.717, 1.165) is 48.1 Å². The van der Waals surface area contributed by atoms with E-state index in [1.807, 2.05) is 58.0 Å². The average Bonchev–Trinajstić information content (AvgIpc) is 4.08. The molecule has 5 N–H and O–H groups in total. The Hall–Kier alpha value is -6.52. The lowest BCUT2D eigenvalue weighted by Crippen LogP contribution is -2.51. The lowest BCUT2D eigenvalue weighted by atomic mass is 10.0. The van der Waals surface area contributed by atoms with Crippen LogP contribution in [-0.2, 0) is 19.1 Å². The van der Waals surface area contributed by atoms with Gasteiger partial charge < -0.3 is 44.9 Å². The number of aromatic amines is 3. The van der Waals surface area contributed by atoms with Crippen molar-refractivity contribution in [3.63, 3.8) is 0 Å². The monoisotopic (exact) mass is 806 g/mol. The second-order valence-electron chi connectivity index (χ2n) is 15.7. The number of H-pyrrole nitrogens is 3. The molecule has 7 rings (SSSR count). The van der Waals surface area contributed by atoms with Crippen LogP contribution < -0.4 is 16.2 Å². The Morgan fingerprint density at radius 1 is 0.695 bits per heavy atom. The summed E-state index contributed by atoms with van der Waals surface area (Å²) in [6.07, 6.45) is 5.20. The van der Waals surface area contributed by atoms with Gasteiger partial charge in [-0.2, -0.15) is 0 Å². The van der Waals surface area contributed by atoms with E-state index in [2.05, 4.69) is 35.6 Å². The van der Waals surface area contributed by atoms with E-state index in [0.29, 0.717) is 47.2 Å². The number of imidazole rings is 2. The van der Waals surface area contributed by atoms with Crippen molar-refractivity contribution < 1.29 is 28.7 Å². The minimum atomic E-state index is -0.735. The first-order valence-corrected chi connectivity index (χ1v) is 19.9. The molecule has 5 heterocycles. The van der Waals surface area contributed by atoms with Crippen LogP contribution in [0.5, 0.6) is 0 Å². The number of alkyl carbamates (subject to hydrolysis) is 2. The molecule has 2 aromatic carbocycles. The molecule has 0 spiro atoms. The number of hydrogen-bond acceptors (Lipinski definition) is 10. The highest BCUT2D eigenvalue weighted by atomic mass is 16.5. The maximum absolute atomic E-state index is 13.6. The number of fused-ring (bicyclic) bond motifs is 1.